The fourth-order valence-corrected chi connectivity index (χ4v) is 5.99. The Hall–Kier alpha value is -0.563. The summed E-state index contributed by atoms with van der Waals surface area (Å²) in [5.41, 5.74) is -0.899. The average Bonchev–Trinajstić information content (AvgIpc) is 3.17. The zero-order valence-electron chi connectivity index (χ0n) is 20.3. The summed E-state index contributed by atoms with van der Waals surface area (Å²) in [6, 6.07) is 0. The molecule has 0 aromatic carbocycles. The number of hydrogen-bond acceptors (Lipinski definition) is 2. The summed E-state index contributed by atoms with van der Waals surface area (Å²) in [5.74, 6) is 8.99. The maximum Gasteiger partial charge on any atom is 0.192 e. The van der Waals surface area contributed by atoms with Crippen LogP contribution in [0.1, 0.15) is 86.5 Å². The van der Waals surface area contributed by atoms with Gasteiger partial charge in [-0.2, -0.15) is 0 Å². The van der Waals surface area contributed by atoms with E-state index in [0.717, 1.165) is 12.3 Å². The van der Waals surface area contributed by atoms with Crippen LogP contribution in [0, 0.1) is 35.5 Å². The first-order chi connectivity index (χ1) is 13.3. The zero-order chi connectivity index (χ0) is 21.9. The van der Waals surface area contributed by atoms with Gasteiger partial charge in [-0.05, 0) is 75.4 Å². The van der Waals surface area contributed by atoms with Gasteiger partial charge in [0, 0.05) is 5.92 Å². The van der Waals surface area contributed by atoms with Crippen LogP contribution in [0.3, 0.4) is 0 Å². The van der Waals surface area contributed by atoms with E-state index in [9.17, 15) is 5.11 Å². The van der Waals surface area contributed by atoms with E-state index in [4.69, 9.17) is 4.43 Å². The van der Waals surface area contributed by atoms with E-state index >= 15 is 0 Å². The lowest BCUT2D eigenvalue weighted by atomic mass is 9.79. The van der Waals surface area contributed by atoms with Gasteiger partial charge in [0.05, 0.1) is 6.10 Å². The van der Waals surface area contributed by atoms with Crippen molar-refractivity contribution in [3.8, 4) is 11.8 Å². The first-order valence-electron chi connectivity index (χ1n) is 12.0. The SMILES string of the molecule is CCCCC[C@@H](/C=C/[C@@H]1[C@H]2CC[C@H](C2)[C@@H]1C#CC(C)(C)O)O[Si](C)(C)C(C)(C)C. The molecule has 0 aromatic heterocycles. The fourth-order valence-electron chi connectivity index (χ4n) is 4.68. The van der Waals surface area contributed by atoms with Gasteiger partial charge in [0.15, 0.2) is 8.32 Å². The molecule has 0 aliphatic heterocycles. The molecular weight excluding hydrogens is 372 g/mol. The molecule has 0 spiro atoms. The van der Waals surface area contributed by atoms with Crippen molar-refractivity contribution in [2.45, 2.75) is 116 Å². The molecular formula is C26H46O2Si. The number of hydrogen-bond donors (Lipinski definition) is 1. The van der Waals surface area contributed by atoms with Crippen molar-refractivity contribution in [1.82, 2.24) is 0 Å². The molecule has 0 aromatic rings. The Kier molecular flexibility index (Phi) is 8.27. The molecule has 2 aliphatic carbocycles. The number of allylic oxidation sites excluding steroid dienone is 1. The third kappa shape index (κ3) is 6.98. The minimum atomic E-state index is -1.79. The van der Waals surface area contributed by atoms with E-state index in [1.54, 1.807) is 13.8 Å². The first-order valence-corrected chi connectivity index (χ1v) is 14.9. The number of aliphatic hydroxyl groups is 1. The quantitative estimate of drug-likeness (QED) is 0.200. The lowest BCUT2D eigenvalue weighted by Gasteiger charge is -2.39. The second-order valence-corrected chi connectivity index (χ2v) is 16.3. The summed E-state index contributed by atoms with van der Waals surface area (Å²) in [5, 5.41) is 10.3. The van der Waals surface area contributed by atoms with Gasteiger partial charge in [0.1, 0.15) is 5.60 Å². The van der Waals surface area contributed by atoms with Crippen LogP contribution in [0.4, 0.5) is 0 Å². The molecule has 0 heterocycles. The molecule has 29 heavy (non-hydrogen) atoms. The number of rotatable bonds is 8. The Morgan fingerprint density at radius 3 is 2.34 bits per heavy atom. The molecule has 0 unspecified atom stereocenters. The molecule has 0 amide bonds. The van der Waals surface area contributed by atoms with E-state index in [1.165, 1.54) is 38.5 Å². The van der Waals surface area contributed by atoms with Crippen molar-refractivity contribution in [2.24, 2.45) is 23.7 Å². The third-order valence-electron chi connectivity index (χ3n) is 7.42. The topological polar surface area (TPSA) is 29.5 Å². The maximum atomic E-state index is 10.1. The predicted molar refractivity (Wildman–Crippen MR) is 127 cm³/mol. The molecule has 0 saturated heterocycles. The van der Waals surface area contributed by atoms with E-state index in [2.05, 4.69) is 64.8 Å². The molecule has 5 atom stereocenters. The lowest BCUT2D eigenvalue weighted by molar-refractivity contribution is 0.143. The largest absolute Gasteiger partial charge is 0.411 e. The Balaban J connectivity index is 2.15. The predicted octanol–water partition coefficient (Wildman–Crippen LogP) is 6.95. The summed E-state index contributed by atoms with van der Waals surface area (Å²) in [6.07, 6.45) is 13.9. The van der Waals surface area contributed by atoms with Gasteiger partial charge in [0.2, 0.25) is 0 Å². The highest BCUT2D eigenvalue weighted by molar-refractivity contribution is 6.74. The Morgan fingerprint density at radius 2 is 1.76 bits per heavy atom. The van der Waals surface area contributed by atoms with E-state index < -0.39 is 13.9 Å². The second kappa shape index (κ2) is 9.71. The smallest absolute Gasteiger partial charge is 0.192 e. The normalized spacial score (nSPS) is 28.6. The van der Waals surface area contributed by atoms with E-state index in [1.807, 2.05) is 0 Å². The molecule has 3 heteroatoms. The monoisotopic (exact) mass is 418 g/mol. The summed E-state index contributed by atoms with van der Waals surface area (Å²) in [4.78, 5) is 0. The standard InChI is InChI=1S/C26H46O2Si/c1-9-10-11-12-22(28-29(7,8)25(2,3)4)15-16-23-20-13-14-21(19-20)24(23)17-18-26(5,6)27/h15-16,20-24,27H,9-14,19H2,1-8H3/b16-15+/t20-,21+,22-,23+,24-/m0/s1. The van der Waals surface area contributed by atoms with Gasteiger partial charge >= 0.3 is 0 Å². The average molecular weight is 419 g/mol. The Morgan fingerprint density at radius 1 is 1.10 bits per heavy atom. The van der Waals surface area contributed by atoms with Crippen molar-refractivity contribution in [3.63, 3.8) is 0 Å². The Bertz CT molecular complexity index is 611. The van der Waals surface area contributed by atoms with Gasteiger partial charge in [0.25, 0.3) is 0 Å². The highest BCUT2D eigenvalue weighted by Crippen LogP contribution is 2.52. The van der Waals surface area contributed by atoms with Crippen molar-refractivity contribution in [1.29, 1.82) is 0 Å². The van der Waals surface area contributed by atoms with Crippen LogP contribution >= 0.6 is 0 Å². The number of unbranched alkanes of at least 4 members (excludes halogenated alkanes) is 2. The van der Waals surface area contributed by atoms with Gasteiger partial charge in [-0.15, -0.1) is 0 Å². The first kappa shape index (κ1) is 24.7. The molecule has 166 valence electrons. The van der Waals surface area contributed by atoms with Gasteiger partial charge in [-0.25, -0.2) is 0 Å². The van der Waals surface area contributed by atoms with Crippen LogP contribution in [0.2, 0.25) is 18.1 Å². The molecule has 0 radical (unpaired) electrons. The van der Waals surface area contributed by atoms with Crippen LogP contribution in [0.15, 0.2) is 12.2 Å². The molecule has 1 N–H and O–H groups in total. The van der Waals surface area contributed by atoms with Crippen LogP contribution in [-0.4, -0.2) is 25.1 Å². The summed E-state index contributed by atoms with van der Waals surface area (Å²) in [7, 11) is -1.79. The molecule has 2 fully saturated rings. The van der Waals surface area contributed by atoms with Crippen molar-refractivity contribution >= 4 is 8.32 Å². The Labute approximate surface area is 182 Å². The molecule has 2 saturated carbocycles. The minimum Gasteiger partial charge on any atom is -0.411 e. The van der Waals surface area contributed by atoms with Crippen molar-refractivity contribution in [3.05, 3.63) is 12.2 Å². The lowest BCUT2D eigenvalue weighted by Crippen LogP contribution is -2.43. The highest BCUT2D eigenvalue weighted by atomic mass is 28.4. The zero-order valence-corrected chi connectivity index (χ0v) is 21.3. The van der Waals surface area contributed by atoms with Crippen LogP contribution in [-0.2, 0) is 4.43 Å². The summed E-state index contributed by atoms with van der Waals surface area (Å²) in [6.45, 7) is 17.5. The molecule has 2 bridgehead atoms. The van der Waals surface area contributed by atoms with Crippen molar-refractivity contribution in [2.75, 3.05) is 0 Å². The molecule has 2 rings (SSSR count). The number of fused-ring (bicyclic) bond motifs is 2. The second-order valence-electron chi connectivity index (χ2n) is 11.6. The van der Waals surface area contributed by atoms with E-state index in [-0.39, 0.29) is 11.1 Å². The molecule has 2 nitrogen and oxygen atoms in total. The van der Waals surface area contributed by atoms with Crippen LogP contribution < -0.4 is 0 Å². The molecule has 2 aliphatic rings. The summed E-state index contributed by atoms with van der Waals surface area (Å²) < 4.78 is 6.81. The van der Waals surface area contributed by atoms with Crippen LogP contribution in [0.25, 0.3) is 0 Å². The maximum absolute atomic E-state index is 10.1. The van der Waals surface area contributed by atoms with Gasteiger partial charge < -0.3 is 9.53 Å². The summed E-state index contributed by atoms with van der Waals surface area (Å²) >= 11 is 0. The highest BCUT2D eigenvalue weighted by Gasteiger charge is 2.46. The van der Waals surface area contributed by atoms with Gasteiger partial charge in [-0.3, -0.25) is 0 Å². The third-order valence-corrected chi connectivity index (χ3v) is 11.9. The van der Waals surface area contributed by atoms with Gasteiger partial charge in [-0.1, -0.05) is 71.0 Å². The minimum absolute atomic E-state index is 0.226. The van der Waals surface area contributed by atoms with Crippen LogP contribution in [0.5, 0.6) is 0 Å². The van der Waals surface area contributed by atoms with Crippen molar-refractivity contribution < 1.29 is 9.53 Å². The van der Waals surface area contributed by atoms with E-state index in [0.29, 0.717) is 17.8 Å². The fraction of sp³-hybridized carbons (Fsp3) is 0.846.